The zero-order valence-corrected chi connectivity index (χ0v) is 21.1. The number of rotatable bonds is 11. The molecule has 1 N–H and O–H groups in total. The summed E-state index contributed by atoms with van der Waals surface area (Å²) < 4.78 is 11.2. The number of benzene rings is 3. The van der Waals surface area contributed by atoms with Gasteiger partial charge in [0.1, 0.15) is 15.7 Å². The van der Waals surface area contributed by atoms with E-state index in [0.717, 1.165) is 16.1 Å². The Bertz CT molecular complexity index is 1320. The number of ether oxygens (including phenoxy) is 2. The molecule has 6 nitrogen and oxygen atoms in total. The van der Waals surface area contributed by atoms with E-state index in [4.69, 9.17) is 14.5 Å². The lowest BCUT2D eigenvalue weighted by atomic mass is 10.1. The lowest BCUT2D eigenvalue weighted by Crippen LogP contribution is -2.13. The number of carbonyl (C=O) groups is 2. The molecule has 184 valence electrons. The number of ketones is 1. The number of Topliss-reactive ketones (excluding diaryl/α,β-unsaturated/α-hetero) is 1. The van der Waals surface area contributed by atoms with Crippen LogP contribution in [0.5, 0.6) is 11.5 Å². The summed E-state index contributed by atoms with van der Waals surface area (Å²) in [6, 6.07) is 24.7. The van der Waals surface area contributed by atoms with Crippen molar-refractivity contribution in [1.82, 2.24) is 4.98 Å². The molecule has 1 amide bonds. The van der Waals surface area contributed by atoms with Crippen LogP contribution in [-0.2, 0) is 4.79 Å². The standard InChI is InChI=1S/C29H28N2O4S/c1-3-34-24-17-15-22(19-25(24)35-4-2)23(32)16-18-26(33)30-29-27(20-11-7-5-8-12-20)31-28(36-29)21-13-9-6-10-14-21/h5-15,17,19H,3-4,16,18H2,1-2H3,(H,30,33). The minimum atomic E-state index is -0.236. The summed E-state index contributed by atoms with van der Waals surface area (Å²) in [5, 5.41) is 4.47. The van der Waals surface area contributed by atoms with E-state index >= 15 is 0 Å². The predicted octanol–water partition coefficient (Wildman–Crippen LogP) is 6.88. The minimum absolute atomic E-state index is 0.0583. The van der Waals surface area contributed by atoms with Gasteiger partial charge in [-0.15, -0.1) is 0 Å². The Hall–Kier alpha value is -3.97. The third-order valence-corrected chi connectivity index (χ3v) is 6.41. The normalized spacial score (nSPS) is 10.6. The number of nitrogens with zero attached hydrogens (tertiary/aromatic N) is 1. The number of carbonyl (C=O) groups excluding carboxylic acids is 2. The highest BCUT2D eigenvalue weighted by molar-refractivity contribution is 7.19. The largest absolute Gasteiger partial charge is 0.490 e. The summed E-state index contributed by atoms with van der Waals surface area (Å²) in [7, 11) is 0. The highest BCUT2D eigenvalue weighted by atomic mass is 32.1. The van der Waals surface area contributed by atoms with Crippen molar-refractivity contribution in [2.75, 3.05) is 18.5 Å². The van der Waals surface area contributed by atoms with Gasteiger partial charge in [-0.1, -0.05) is 72.0 Å². The maximum Gasteiger partial charge on any atom is 0.225 e. The molecule has 0 aliphatic carbocycles. The molecule has 3 aromatic carbocycles. The van der Waals surface area contributed by atoms with Crippen LogP contribution in [0.2, 0.25) is 0 Å². The SMILES string of the molecule is CCOc1ccc(C(=O)CCC(=O)Nc2sc(-c3ccccc3)nc2-c2ccccc2)cc1OCC. The van der Waals surface area contributed by atoms with Gasteiger partial charge in [0.2, 0.25) is 5.91 Å². The van der Waals surface area contributed by atoms with Crippen molar-refractivity contribution in [2.24, 2.45) is 0 Å². The molecule has 1 aromatic heterocycles. The summed E-state index contributed by atoms with van der Waals surface area (Å²) in [4.78, 5) is 30.5. The topological polar surface area (TPSA) is 77.5 Å². The van der Waals surface area contributed by atoms with E-state index in [2.05, 4.69) is 5.32 Å². The third kappa shape index (κ3) is 6.17. The number of anilines is 1. The summed E-state index contributed by atoms with van der Waals surface area (Å²) >= 11 is 1.42. The number of hydrogen-bond donors (Lipinski definition) is 1. The van der Waals surface area contributed by atoms with Crippen molar-refractivity contribution in [3.63, 3.8) is 0 Å². The molecular formula is C29H28N2O4S. The Balaban J connectivity index is 1.47. The third-order valence-electron chi connectivity index (χ3n) is 5.39. The number of nitrogens with one attached hydrogen (secondary N) is 1. The van der Waals surface area contributed by atoms with Gasteiger partial charge in [-0.3, -0.25) is 9.59 Å². The van der Waals surface area contributed by atoms with Gasteiger partial charge >= 0.3 is 0 Å². The van der Waals surface area contributed by atoms with Crippen molar-refractivity contribution >= 4 is 28.0 Å². The van der Waals surface area contributed by atoms with Gasteiger partial charge in [-0.25, -0.2) is 4.98 Å². The second-order valence-corrected chi connectivity index (χ2v) is 8.93. The molecule has 4 aromatic rings. The second-order valence-electron chi connectivity index (χ2n) is 7.93. The first-order valence-corrected chi connectivity index (χ1v) is 12.7. The summed E-state index contributed by atoms with van der Waals surface area (Å²) in [5.74, 6) is 0.758. The van der Waals surface area contributed by atoms with Gasteiger partial charge in [0, 0.05) is 29.5 Å². The molecule has 0 atom stereocenters. The molecule has 0 saturated carbocycles. The van der Waals surface area contributed by atoms with Crippen molar-refractivity contribution < 1.29 is 19.1 Å². The van der Waals surface area contributed by atoms with Crippen LogP contribution >= 0.6 is 11.3 Å². The number of amides is 1. The van der Waals surface area contributed by atoms with Gasteiger partial charge < -0.3 is 14.8 Å². The Labute approximate surface area is 214 Å². The van der Waals surface area contributed by atoms with Crippen LogP contribution in [0.25, 0.3) is 21.8 Å². The van der Waals surface area contributed by atoms with Crippen LogP contribution in [0.1, 0.15) is 37.0 Å². The van der Waals surface area contributed by atoms with Crippen molar-refractivity contribution in [3.8, 4) is 33.3 Å². The molecule has 0 saturated heterocycles. The fourth-order valence-electron chi connectivity index (χ4n) is 3.69. The number of thiazole rings is 1. The maximum atomic E-state index is 12.9. The average molecular weight is 501 g/mol. The molecule has 36 heavy (non-hydrogen) atoms. The molecule has 0 spiro atoms. The summed E-state index contributed by atoms with van der Waals surface area (Å²) in [5.41, 5.74) is 3.10. The summed E-state index contributed by atoms with van der Waals surface area (Å²) in [6.45, 7) is 4.73. The molecule has 0 bridgehead atoms. The molecule has 4 rings (SSSR count). The average Bonchev–Trinajstić information content (AvgIpc) is 3.33. The molecule has 1 heterocycles. The highest BCUT2D eigenvalue weighted by Crippen LogP contribution is 2.38. The first-order valence-electron chi connectivity index (χ1n) is 11.9. The maximum absolute atomic E-state index is 12.9. The quantitative estimate of drug-likeness (QED) is 0.227. The molecular weight excluding hydrogens is 472 g/mol. The first kappa shape index (κ1) is 25.1. The Morgan fingerprint density at radius 2 is 1.44 bits per heavy atom. The van der Waals surface area contributed by atoms with Crippen LogP contribution in [0.3, 0.4) is 0 Å². The minimum Gasteiger partial charge on any atom is -0.490 e. The predicted molar refractivity (Wildman–Crippen MR) is 144 cm³/mol. The Kier molecular flexibility index (Phi) is 8.47. The van der Waals surface area contributed by atoms with Crippen LogP contribution in [0.15, 0.2) is 78.9 Å². The monoisotopic (exact) mass is 500 g/mol. The fourth-order valence-corrected chi connectivity index (χ4v) is 4.70. The van der Waals surface area contributed by atoms with E-state index in [1.165, 1.54) is 11.3 Å². The van der Waals surface area contributed by atoms with Crippen LogP contribution in [0.4, 0.5) is 5.00 Å². The molecule has 0 fully saturated rings. The van der Waals surface area contributed by atoms with E-state index in [1.54, 1.807) is 18.2 Å². The zero-order chi connectivity index (χ0) is 25.3. The molecule has 0 unspecified atom stereocenters. The van der Waals surface area contributed by atoms with Crippen molar-refractivity contribution in [1.29, 1.82) is 0 Å². The van der Waals surface area contributed by atoms with Crippen molar-refractivity contribution in [3.05, 3.63) is 84.4 Å². The van der Waals surface area contributed by atoms with Gasteiger partial charge in [-0.2, -0.15) is 0 Å². The number of hydrogen-bond acceptors (Lipinski definition) is 6. The smallest absolute Gasteiger partial charge is 0.225 e. The lowest BCUT2D eigenvalue weighted by molar-refractivity contribution is -0.116. The molecule has 0 radical (unpaired) electrons. The molecule has 0 aliphatic rings. The van der Waals surface area contributed by atoms with Gasteiger partial charge in [-0.05, 0) is 32.0 Å². The molecule has 0 aliphatic heterocycles. The van der Waals surface area contributed by atoms with E-state index in [1.807, 2.05) is 74.5 Å². The van der Waals surface area contributed by atoms with Crippen LogP contribution in [-0.4, -0.2) is 29.9 Å². The van der Waals surface area contributed by atoms with Crippen LogP contribution in [0, 0.1) is 0 Å². The van der Waals surface area contributed by atoms with Gasteiger partial charge in [0.25, 0.3) is 0 Å². The number of aromatic nitrogens is 1. The first-order chi connectivity index (χ1) is 17.6. The fraction of sp³-hybridized carbons (Fsp3) is 0.207. The van der Waals surface area contributed by atoms with E-state index in [0.29, 0.717) is 41.0 Å². The van der Waals surface area contributed by atoms with E-state index in [-0.39, 0.29) is 24.5 Å². The highest BCUT2D eigenvalue weighted by Gasteiger charge is 2.18. The Morgan fingerprint density at radius 3 is 2.11 bits per heavy atom. The van der Waals surface area contributed by atoms with Gasteiger partial charge in [0.05, 0.1) is 13.2 Å². The van der Waals surface area contributed by atoms with Crippen molar-refractivity contribution in [2.45, 2.75) is 26.7 Å². The summed E-state index contributed by atoms with van der Waals surface area (Å²) in [6.07, 6.45) is 0.138. The van der Waals surface area contributed by atoms with E-state index < -0.39 is 0 Å². The second kappa shape index (κ2) is 12.1. The van der Waals surface area contributed by atoms with Crippen LogP contribution < -0.4 is 14.8 Å². The Morgan fingerprint density at radius 1 is 0.806 bits per heavy atom. The van der Waals surface area contributed by atoms with Gasteiger partial charge in [0.15, 0.2) is 17.3 Å². The lowest BCUT2D eigenvalue weighted by Gasteiger charge is -2.12. The van der Waals surface area contributed by atoms with E-state index in [9.17, 15) is 9.59 Å². The molecule has 7 heteroatoms. The zero-order valence-electron chi connectivity index (χ0n) is 20.3.